The first kappa shape index (κ1) is 17.2. The van der Waals surface area contributed by atoms with Gasteiger partial charge < -0.3 is 20.1 Å². The number of hydrogen-bond acceptors (Lipinski definition) is 5. The summed E-state index contributed by atoms with van der Waals surface area (Å²) in [4.78, 5) is 23.0. The summed E-state index contributed by atoms with van der Waals surface area (Å²) in [6, 6.07) is 12.8. The molecule has 1 heterocycles. The van der Waals surface area contributed by atoms with Crippen molar-refractivity contribution in [2.45, 2.75) is 12.7 Å². The molecule has 2 amide bonds. The molecule has 2 aromatic carbocycles. The molecule has 3 rings (SSSR count). The lowest BCUT2D eigenvalue weighted by atomic mass is 10.2. The van der Waals surface area contributed by atoms with Crippen molar-refractivity contribution in [3.8, 4) is 11.5 Å². The van der Waals surface area contributed by atoms with Gasteiger partial charge in [0.15, 0.2) is 11.5 Å². The van der Waals surface area contributed by atoms with Gasteiger partial charge in [-0.05, 0) is 42.0 Å². The molecule has 7 heteroatoms. The fourth-order valence-corrected chi connectivity index (χ4v) is 3.10. The van der Waals surface area contributed by atoms with Crippen molar-refractivity contribution >= 4 is 35.0 Å². The standard InChI is InChI=1S/C18H18N2O4S/c1-12(21)19-14-3-5-15(6-4-14)20-18(22)10-25-9-13-2-7-16-17(8-13)24-11-23-16/h2-8H,9-11H2,1H3,(H,19,21)(H,20,22). The number of amides is 2. The van der Waals surface area contributed by atoms with Gasteiger partial charge in [0.25, 0.3) is 0 Å². The summed E-state index contributed by atoms with van der Waals surface area (Å²) in [5.74, 6) is 2.37. The second-order valence-electron chi connectivity index (χ2n) is 5.49. The van der Waals surface area contributed by atoms with Gasteiger partial charge in [-0.3, -0.25) is 9.59 Å². The Bertz CT molecular complexity index is 777. The Hall–Kier alpha value is -2.67. The van der Waals surface area contributed by atoms with Crippen molar-refractivity contribution in [2.24, 2.45) is 0 Å². The quantitative estimate of drug-likeness (QED) is 0.829. The highest BCUT2D eigenvalue weighted by atomic mass is 32.2. The molecule has 1 aliphatic rings. The predicted octanol–water partition coefficient (Wildman–Crippen LogP) is 3.25. The number of carbonyl (C=O) groups excluding carboxylic acids is 2. The fraction of sp³-hybridized carbons (Fsp3) is 0.222. The SMILES string of the molecule is CC(=O)Nc1ccc(NC(=O)CSCc2ccc3c(c2)OCO3)cc1. The zero-order chi connectivity index (χ0) is 17.6. The molecular weight excluding hydrogens is 340 g/mol. The van der Waals surface area contributed by atoms with Gasteiger partial charge >= 0.3 is 0 Å². The molecule has 0 spiro atoms. The zero-order valence-electron chi connectivity index (χ0n) is 13.7. The number of benzene rings is 2. The van der Waals surface area contributed by atoms with E-state index in [1.165, 1.54) is 18.7 Å². The first-order valence-corrected chi connectivity index (χ1v) is 8.89. The molecule has 0 atom stereocenters. The van der Waals surface area contributed by atoms with Gasteiger partial charge in [-0.15, -0.1) is 11.8 Å². The molecule has 0 bridgehead atoms. The second kappa shape index (κ2) is 7.94. The van der Waals surface area contributed by atoms with Gasteiger partial charge in [-0.25, -0.2) is 0 Å². The molecule has 6 nitrogen and oxygen atoms in total. The minimum atomic E-state index is -0.128. The molecule has 0 aromatic heterocycles. The van der Waals surface area contributed by atoms with Crippen molar-refractivity contribution in [2.75, 3.05) is 23.2 Å². The summed E-state index contributed by atoms with van der Waals surface area (Å²) < 4.78 is 10.6. The van der Waals surface area contributed by atoms with Crippen molar-refractivity contribution in [3.05, 3.63) is 48.0 Å². The summed E-state index contributed by atoms with van der Waals surface area (Å²) in [6.45, 7) is 1.71. The molecule has 25 heavy (non-hydrogen) atoms. The summed E-state index contributed by atoms with van der Waals surface area (Å²) in [5, 5.41) is 5.51. The van der Waals surface area contributed by atoms with Gasteiger partial charge in [-0.2, -0.15) is 0 Å². The lowest BCUT2D eigenvalue weighted by Crippen LogP contribution is -2.14. The number of hydrogen-bond donors (Lipinski definition) is 2. The highest BCUT2D eigenvalue weighted by Crippen LogP contribution is 2.33. The van der Waals surface area contributed by atoms with Crippen LogP contribution < -0.4 is 20.1 Å². The molecular formula is C18H18N2O4S. The molecule has 1 aliphatic heterocycles. The Balaban J connectivity index is 1.44. The largest absolute Gasteiger partial charge is 0.454 e. The van der Waals surface area contributed by atoms with Crippen LogP contribution in [0.1, 0.15) is 12.5 Å². The maximum absolute atomic E-state index is 12.0. The molecule has 0 unspecified atom stereocenters. The highest BCUT2D eigenvalue weighted by Gasteiger charge is 2.13. The molecule has 130 valence electrons. The number of nitrogens with one attached hydrogen (secondary N) is 2. The van der Waals surface area contributed by atoms with Crippen LogP contribution in [0, 0.1) is 0 Å². The molecule has 2 aromatic rings. The van der Waals surface area contributed by atoms with Gasteiger partial charge in [-0.1, -0.05) is 6.07 Å². The van der Waals surface area contributed by atoms with Gasteiger partial charge in [0.2, 0.25) is 18.6 Å². The Labute approximate surface area is 149 Å². The number of thioether (sulfide) groups is 1. The lowest BCUT2D eigenvalue weighted by Gasteiger charge is -2.07. The first-order chi connectivity index (χ1) is 12.1. The second-order valence-corrected chi connectivity index (χ2v) is 6.47. The van der Waals surface area contributed by atoms with Crippen LogP contribution in [0.2, 0.25) is 0 Å². The van der Waals surface area contributed by atoms with E-state index in [2.05, 4.69) is 10.6 Å². The Kier molecular flexibility index (Phi) is 5.45. The molecule has 0 saturated carbocycles. The van der Waals surface area contributed by atoms with Crippen LogP contribution >= 0.6 is 11.8 Å². The van der Waals surface area contributed by atoms with E-state index in [9.17, 15) is 9.59 Å². The average Bonchev–Trinajstić information content (AvgIpc) is 3.04. The smallest absolute Gasteiger partial charge is 0.234 e. The van der Waals surface area contributed by atoms with E-state index in [0.29, 0.717) is 22.9 Å². The highest BCUT2D eigenvalue weighted by molar-refractivity contribution is 7.99. The van der Waals surface area contributed by atoms with E-state index >= 15 is 0 Å². The summed E-state index contributed by atoms with van der Waals surface area (Å²) in [6.07, 6.45) is 0. The third-order valence-corrected chi connectivity index (χ3v) is 4.43. The number of fused-ring (bicyclic) bond motifs is 1. The minimum absolute atomic E-state index is 0.0713. The van der Waals surface area contributed by atoms with E-state index in [0.717, 1.165) is 17.1 Å². The van der Waals surface area contributed by atoms with E-state index in [1.807, 2.05) is 18.2 Å². The topological polar surface area (TPSA) is 76.7 Å². The molecule has 0 radical (unpaired) electrons. The molecule has 0 saturated heterocycles. The van der Waals surface area contributed by atoms with Gasteiger partial charge in [0, 0.05) is 24.1 Å². The van der Waals surface area contributed by atoms with Gasteiger partial charge in [0.05, 0.1) is 5.75 Å². The van der Waals surface area contributed by atoms with Crippen LogP contribution in [0.3, 0.4) is 0 Å². The van der Waals surface area contributed by atoms with Crippen LogP contribution in [0.15, 0.2) is 42.5 Å². The summed E-state index contributed by atoms with van der Waals surface area (Å²) in [5.41, 5.74) is 2.48. The average molecular weight is 358 g/mol. The van der Waals surface area contributed by atoms with Gasteiger partial charge in [0.1, 0.15) is 0 Å². The minimum Gasteiger partial charge on any atom is -0.454 e. The summed E-state index contributed by atoms with van der Waals surface area (Å²) >= 11 is 1.53. The Morgan fingerprint density at radius 3 is 2.40 bits per heavy atom. The third kappa shape index (κ3) is 4.90. The van der Waals surface area contributed by atoms with E-state index in [-0.39, 0.29) is 18.6 Å². The van der Waals surface area contributed by atoms with Crippen molar-refractivity contribution in [1.29, 1.82) is 0 Å². The van der Waals surface area contributed by atoms with Crippen LogP contribution in [-0.2, 0) is 15.3 Å². The lowest BCUT2D eigenvalue weighted by molar-refractivity contribution is -0.114. The van der Waals surface area contributed by atoms with Crippen LogP contribution in [0.4, 0.5) is 11.4 Å². The van der Waals surface area contributed by atoms with E-state index < -0.39 is 0 Å². The van der Waals surface area contributed by atoms with Crippen molar-refractivity contribution in [3.63, 3.8) is 0 Å². The Morgan fingerprint density at radius 2 is 1.68 bits per heavy atom. The number of rotatable bonds is 6. The molecule has 2 N–H and O–H groups in total. The Morgan fingerprint density at radius 1 is 1.00 bits per heavy atom. The first-order valence-electron chi connectivity index (χ1n) is 7.74. The number of anilines is 2. The van der Waals surface area contributed by atoms with Crippen LogP contribution in [-0.4, -0.2) is 24.4 Å². The number of carbonyl (C=O) groups is 2. The summed E-state index contributed by atoms with van der Waals surface area (Å²) in [7, 11) is 0. The fourth-order valence-electron chi connectivity index (χ4n) is 2.33. The van der Waals surface area contributed by atoms with Crippen LogP contribution in [0.5, 0.6) is 11.5 Å². The number of ether oxygens (including phenoxy) is 2. The van der Waals surface area contributed by atoms with Crippen molar-refractivity contribution in [1.82, 2.24) is 0 Å². The van der Waals surface area contributed by atoms with Crippen LogP contribution in [0.25, 0.3) is 0 Å². The molecule has 0 aliphatic carbocycles. The van der Waals surface area contributed by atoms with Crippen molar-refractivity contribution < 1.29 is 19.1 Å². The van der Waals surface area contributed by atoms with E-state index in [4.69, 9.17) is 9.47 Å². The monoisotopic (exact) mass is 358 g/mol. The zero-order valence-corrected chi connectivity index (χ0v) is 14.5. The molecule has 0 fully saturated rings. The van der Waals surface area contributed by atoms with E-state index in [1.54, 1.807) is 24.3 Å². The normalized spacial score (nSPS) is 11.9. The predicted molar refractivity (Wildman–Crippen MR) is 98.1 cm³/mol. The maximum Gasteiger partial charge on any atom is 0.234 e. The maximum atomic E-state index is 12.0. The third-order valence-electron chi connectivity index (χ3n) is 3.43.